The van der Waals surface area contributed by atoms with Crippen molar-refractivity contribution in [2.75, 3.05) is 39.8 Å². The van der Waals surface area contributed by atoms with Gasteiger partial charge in [-0.1, -0.05) is 48.5 Å². The second kappa shape index (κ2) is 14.7. The Kier molecular flexibility index (Phi) is 10.5. The Balaban J connectivity index is 1.10. The molecule has 1 fully saturated rings. The highest BCUT2D eigenvalue weighted by Gasteiger charge is 2.43. The third kappa shape index (κ3) is 7.72. The average molecular weight is 616 g/mol. The number of aromatic nitrogens is 1. The number of carbonyl (C=O) groups is 1. The van der Waals surface area contributed by atoms with Crippen LogP contribution in [0, 0.1) is 0 Å². The number of likely N-dealkylation sites (N-methyl/N-ethyl adjacent to an activating group) is 1. The Bertz CT molecular complexity index is 1640. The standard InChI is InChI=1S/C35H41N3O7/c1-38-19-17-27(23-38)45-34(42)35(43,24-9-4-2-5-10-24)25-11-8-12-26(21-25)44-20-7-3-6-18-36-22-31(40)28-13-15-30(39)33-29(28)14-16-32(41)37-33/h2,4-5,8-16,21,27,31,36,39-40,43H,3,6-7,17-20,22-23H2,1H3,(H,37,41)/t27-,31+,35+/m1/s1. The summed E-state index contributed by atoms with van der Waals surface area (Å²) in [5.74, 6) is -0.182. The summed E-state index contributed by atoms with van der Waals surface area (Å²) in [6.07, 6.45) is 2.21. The maximum Gasteiger partial charge on any atom is 0.348 e. The van der Waals surface area contributed by atoms with E-state index in [9.17, 15) is 24.9 Å². The molecule has 0 spiro atoms. The van der Waals surface area contributed by atoms with E-state index in [0.29, 0.717) is 59.6 Å². The molecule has 5 rings (SSSR count). The van der Waals surface area contributed by atoms with E-state index in [-0.39, 0.29) is 17.4 Å². The van der Waals surface area contributed by atoms with Gasteiger partial charge in [-0.3, -0.25) is 4.79 Å². The zero-order chi connectivity index (χ0) is 31.8. The van der Waals surface area contributed by atoms with Crippen molar-refractivity contribution >= 4 is 16.9 Å². The molecule has 3 atom stereocenters. The van der Waals surface area contributed by atoms with Crippen LogP contribution >= 0.6 is 0 Å². The van der Waals surface area contributed by atoms with Crippen LogP contribution in [0.25, 0.3) is 10.9 Å². The number of nitrogens with one attached hydrogen (secondary N) is 2. The Morgan fingerprint density at radius 3 is 2.62 bits per heavy atom. The van der Waals surface area contributed by atoms with Crippen LogP contribution < -0.4 is 15.6 Å². The van der Waals surface area contributed by atoms with Gasteiger partial charge in [0, 0.05) is 36.7 Å². The van der Waals surface area contributed by atoms with Crippen LogP contribution in [0.4, 0.5) is 0 Å². The van der Waals surface area contributed by atoms with E-state index in [1.54, 1.807) is 60.7 Å². The number of fused-ring (bicyclic) bond motifs is 1. The first kappa shape index (κ1) is 32.2. The lowest BCUT2D eigenvalue weighted by Crippen LogP contribution is -2.41. The van der Waals surface area contributed by atoms with Gasteiger partial charge < -0.3 is 40.0 Å². The van der Waals surface area contributed by atoms with E-state index in [0.717, 1.165) is 32.2 Å². The lowest BCUT2D eigenvalue weighted by molar-refractivity contribution is -0.167. The molecule has 3 aromatic carbocycles. The molecule has 0 bridgehead atoms. The van der Waals surface area contributed by atoms with Crippen molar-refractivity contribution in [3.05, 3.63) is 106 Å². The highest BCUT2D eigenvalue weighted by atomic mass is 16.6. The number of phenols is 1. The van der Waals surface area contributed by atoms with Crippen LogP contribution in [0.5, 0.6) is 11.5 Å². The average Bonchev–Trinajstić information content (AvgIpc) is 3.46. The molecule has 0 unspecified atom stereocenters. The molecule has 1 aliphatic heterocycles. The van der Waals surface area contributed by atoms with E-state index in [2.05, 4.69) is 15.2 Å². The largest absolute Gasteiger partial charge is 0.506 e. The van der Waals surface area contributed by atoms with Crippen molar-refractivity contribution in [1.29, 1.82) is 0 Å². The molecule has 4 aromatic rings. The summed E-state index contributed by atoms with van der Waals surface area (Å²) in [7, 11) is 1.98. The van der Waals surface area contributed by atoms with E-state index < -0.39 is 17.7 Å². The van der Waals surface area contributed by atoms with Crippen LogP contribution in [0.3, 0.4) is 0 Å². The lowest BCUT2D eigenvalue weighted by atomic mass is 9.86. The molecule has 238 valence electrons. The number of likely N-dealkylation sites (tertiary alicyclic amines) is 1. The third-order valence-corrected chi connectivity index (χ3v) is 8.23. The topological polar surface area (TPSA) is 144 Å². The number of aromatic amines is 1. The van der Waals surface area contributed by atoms with Gasteiger partial charge in [-0.15, -0.1) is 0 Å². The molecule has 2 heterocycles. The van der Waals surface area contributed by atoms with Crippen LogP contribution in [0.2, 0.25) is 0 Å². The van der Waals surface area contributed by atoms with E-state index in [4.69, 9.17) is 9.47 Å². The van der Waals surface area contributed by atoms with Crippen molar-refractivity contribution in [3.8, 4) is 11.5 Å². The number of pyridine rings is 1. The second-order valence-corrected chi connectivity index (χ2v) is 11.6. The fraction of sp³-hybridized carbons (Fsp3) is 0.371. The summed E-state index contributed by atoms with van der Waals surface area (Å²) < 4.78 is 11.8. The van der Waals surface area contributed by atoms with E-state index >= 15 is 0 Å². The third-order valence-electron chi connectivity index (χ3n) is 8.23. The fourth-order valence-electron chi connectivity index (χ4n) is 5.74. The SMILES string of the molecule is CN1CC[C@@H](OC(=O)[C@](O)(c2ccccc2)c2cccc(OCCCCCNC[C@H](O)c3ccc(O)c4[nH]c(=O)ccc34)c2)C1. The van der Waals surface area contributed by atoms with Gasteiger partial charge >= 0.3 is 5.97 Å². The van der Waals surface area contributed by atoms with Crippen molar-refractivity contribution in [3.63, 3.8) is 0 Å². The summed E-state index contributed by atoms with van der Waals surface area (Å²) in [4.78, 5) is 29.8. The molecular formula is C35H41N3O7. The van der Waals surface area contributed by atoms with Crippen LogP contribution in [-0.2, 0) is 15.1 Å². The Morgan fingerprint density at radius 1 is 1.04 bits per heavy atom. The van der Waals surface area contributed by atoms with Crippen LogP contribution in [-0.4, -0.2) is 77.1 Å². The minimum absolute atomic E-state index is 0.0394. The molecule has 5 N–H and O–H groups in total. The second-order valence-electron chi connectivity index (χ2n) is 11.6. The Hall–Kier alpha value is -4.22. The van der Waals surface area contributed by atoms with Crippen molar-refractivity contribution in [2.45, 2.75) is 43.5 Å². The van der Waals surface area contributed by atoms with Gasteiger partial charge in [0.2, 0.25) is 11.2 Å². The number of nitrogens with zero attached hydrogens (tertiary/aromatic N) is 1. The summed E-state index contributed by atoms with van der Waals surface area (Å²) in [6, 6.07) is 21.9. The van der Waals surface area contributed by atoms with E-state index in [1.807, 2.05) is 13.1 Å². The molecule has 0 amide bonds. The summed E-state index contributed by atoms with van der Waals surface area (Å²) in [5.41, 5.74) is -0.530. The fourth-order valence-corrected chi connectivity index (χ4v) is 5.74. The molecule has 10 nitrogen and oxygen atoms in total. The highest BCUT2D eigenvalue weighted by Crippen LogP contribution is 2.34. The van der Waals surface area contributed by atoms with Gasteiger partial charge in [0.25, 0.3) is 0 Å². The van der Waals surface area contributed by atoms with Gasteiger partial charge in [0.05, 0.1) is 18.2 Å². The maximum atomic E-state index is 13.5. The molecule has 0 radical (unpaired) electrons. The summed E-state index contributed by atoms with van der Waals surface area (Å²) in [5, 5.41) is 36.5. The number of unbranched alkanes of at least 4 members (excludes halogenated alkanes) is 2. The van der Waals surface area contributed by atoms with Gasteiger partial charge in [0.15, 0.2) is 0 Å². The highest BCUT2D eigenvalue weighted by molar-refractivity contribution is 5.87. The normalized spacial score (nSPS) is 17.2. The number of ether oxygens (including phenoxy) is 2. The number of benzene rings is 3. The van der Waals surface area contributed by atoms with Crippen molar-refractivity contribution in [1.82, 2.24) is 15.2 Å². The van der Waals surface area contributed by atoms with Gasteiger partial charge in [-0.05, 0) is 74.7 Å². The minimum Gasteiger partial charge on any atom is -0.506 e. The Morgan fingerprint density at radius 2 is 1.84 bits per heavy atom. The number of aliphatic hydroxyl groups excluding tert-OH is 1. The summed E-state index contributed by atoms with van der Waals surface area (Å²) in [6.45, 7) is 2.96. The number of aromatic hydroxyl groups is 1. The number of rotatable bonds is 14. The summed E-state index contributed by atoms with van der Waals surface area (Å²) >= 11 is 0. The number of aliphatic hydroxyl groups is 2. The maximum absolute atomic E-state index is 13.5. The van der Waals surface area contributed by atoms with Crippen LogP contribution in [0.1, 0.15) is 48.5 Å². The number of carbonyl (C=O) groups excluding carboxylic acids is 1. The predicted molar refractivity (Wildman–Crippen MR) is 171 cm³/mol. The predicted octanol–water partition coefficient (Wildman–Crippen LogP) is 3.59. The molecular weight excluding hydrogens is 574 g/mol. The quantitative estimate of drug-likeness (QED) is 0.106. The minimum atomic E-state index is -1.97. The molecule has 10 heteroatoms. The first-order valence-corrected chi connectivity index (χ1v) is 15.4. The monoisotopic (exact) mass is 615 g/mol. The van der Waals surface area contributed by atoms with Crippen molar-refractivity contribution in [2.24, 2.45) is 0 Å². The van der Waals surface area contributed by atoms with Crippen LogP contribution in [0.15, 0.2) is 83.7 Å². The number of phenolic OH excluding ortho intramolecular Hbond substituents is 1. The number of H-pyrrole nitrogens is 1. The number of hydrogen-bond acceptors (Lipinski definition) is 9. The lowest BCUT2D eigenvalue weighted by Gasteiger charge is -2.29. The molecule has 1 aromatic heterocycles. The Labute approximate surface area is 262 Å². The number of hydrogen-bond donors (Lipinski definition) is 5. The van der Waals surface area contributed by atoms with Crippen molar-refractivity contribution < 1.29 is 29.6 Å². The van der Waals surface area contributed by atoms with Gasteiger partial charge in [-0.25, -0.2) is 4.79 Å². The molecule has 1 saturated heterocycles. The molecule has 45 heavy (non-hydrogen) atoms. The smallest absolute Gasteiger partial charge is 0.348 e. The molecule has 1 aliphatic rings. The van der Waals surface area contributed by atoms with E-state index in [1.165, 1.54) is 12.1 Å². The van der Waals surface area contributed by atoms with Gasteiger partial charge in [0.1, 0.15) is 17.6 Å². The zero-order valence-electron chi connectivity index (χ0n) is 25.4. The zero-order valence-corrected chi connectivity index (χ0v) is 25.4. The number of esters is 1. The first-order chi connectivity index (χ1) is 21.8. The first-order valence-electron chi connectivity index (χ1n) is 15.4. The molecule has 0 saturated carbocycles. The van der Waals surface area contributed by atoms with Gasteiger partial charge in [-0.2, -0.15) is 0 Å². The molecule has 0 aliphatic carbocycles.